The van der Waals surface area contributed by atoms with E-state index in [0.29, 0.717) is 6.61 Å². The van der Waals surface area contributed by atoms with Crippen LogP contribution in [0.4, 0.5) is 0 Å². The Bertz CT molecular complexity index is 333. The van der Waals surface area contributed by atoms with Gasteiger partial charge in [0.05, 0.1) is 12.4 Å². The van der Waals surface area contributed by atoms with Gasteiger partial charge in [0, 0.05) is 0 Å². The molecule has 69 valence electrons. The van der Waals surface area contributed by atoms with Gasteiger partial charge in [-0.2, -0.15) is 0 Å². The molecule has 0 saturated carbocycles. The van der Waals surface area contributed by atoms with Crippen LogP contribution in [0.15, 0.2) is 48.7 Å². The summed E-state index contributed by atoms with van der Waals surface area (Å²) in [6.07, 6.45) is 4.36. The molecule has 2 aromatic rings. The van der Waals surface area contributed by atoms with E-state index in [0.717, 1.165) is 11.3 Å². The lowest BCUT2D eigenvalue weighted by Gasteiger charge is -2.04. The number of nitrogens with zero attached hydrogens (tertiary/aromatic N) is 1. The fourth-order valence-corrected chi connectivity index (χ4v) is 1.13. The van der Waals surface area contributed by atoms with Gasteiger partial charge in [0.25, 0.3) is 0 Å². The third-order valence-corrected chi connectivity index (χ3v) is 1.84. The second-order valence-corrected chi connectivity index (χ2v) is 2.90. The lowest BCUT2D eigenvalue weighted by atomic mass is 10.2. The predicted octanol–water partition coefficient (Wildman–Crippen LogP) is 2.46. The minimum Gasteiger partial charge on any atom is -0.487 e. The van der Waals surface area contributed by atoms with Gasteiger partial charge in [0.2, 0.25) is 0 Å². The van der Waals surface area contributed by atoms with Gasteiger partial charge in [-0.05, 0) is 17.7 Å². The van der Waals surface area contributed by atoms with Gasteiger partial charge in [-0.15, -0.1) is 0 Å². The lowest BCUT2D eigenvalue weighted by molar-refractivity contribution is 0.305. The van der Waals surface area contributed by atoms with Crippen LogP contribution in [-0.4, -0.2) is 4.98 Å². The van der Waals surface area contributed by atoms with Crippen molar-refractivity contribution >= 4 is 0 Å². The van der Waals surface area contributed by atoms with Crippen LogP contribution < -0.4 is 4.74 Å². The summed E-state index contributed by atoms with van der Waals surface area (Å²) >= 11 is 0. The molecule has 2 rings (SSSR count). The number of ether oxygens (including phenoxy) is 1. The first-order chi connectivity index (χ1) is 6.95. The van der Waals surface area contributed by atoms with Crippen LogP contribution in [0, 0.1) is 6.20 Å². The maximum atomic E-state index is 5.51. The van der Waals surface area contributed by atoms with Crippen molar-refractivity contribution in [3.8, 4) is 5.75 Å². The number of rotatable bonds is 3. The Hall–Kier alpha value is -1.83. The number of aromatic nitrogens is 1. The SMILES string of the molecule is [c]1ccc(OCc2ccccc2)cn1. The normalized spacial score (nSPS) is 9.71. The minimum atomic E-state index is 0.576. The monoisotopic (exact) mass is 184 g/mol. The zero-order valence-corrected chi connectivity index (χ0v) is 7.68. The molecule has 2 nitrogen and oxygen atoms in total. The summed E-state index contributed by atoms with van der Waals surface area (Å²) in [5.74, 6) is 0.771. The molecule has 0 atom stereocenters. The van der Waals surface area contributed by atoms with E-state index in [4.69, 9.17) is 4.74 Å². The molecule has 0 N–H and O–H groups in total. The van der Waals surface area contributed by atoms with E-state index in [1.807, 2.05) is 36.4 Å². The van der Waals surface area contributed by atoms with Crippen LogP contribution >= 0.6 is 0 Å². The van der Waals surface area contributed by atoms with E-state index >= 15 is 0 Å². The Morgan fingerprint density at radius 1 is 1.14 bits per heavy atom. The first-order valence-electron chi connectivity index (χ1n) is 4.44. The molecule has 1 aromatic heterocycles. The Morgan fingerprint density at radius 3 is 2.71 bits per heavy atom. The molecule has 0 aliphatic carbocycles. The second-order valence-electron chi connectivity index (χ2n) is 2.90. The smallest absolute Gasteiger partial charge is 0.138 e. The standard InChI is InChI=1S/C12H10NO/c1-2-5-11(6-3-1)10-14-12-7-4-8-13-9-12/h1-7,9H,10H2. The van der Waals surface area contributed by atoms with Crippen molar-refractivity contribution in [1.82, 2.24) is 4.98 Å². The van der Waals surface area contributed by atoms with Crippen molar-refractivity contribution in [3.05, 3.63) is 60.4 Å². The van der Waals surface area contributed by atoms with Crippen molar-refractivity contribution in [2.24, 2.45) is 0 Å². The largest absolute Gasteiger partial charge is 0.487 e. The number of hydrogen-bond acceptors (Lipinski definition) is 2. The molecule has 2 heteroatoms. The summed E-state index contributed by atoms with van der Waals surface area (Å²) in [6, 6.07) is 13.6. The second kappa shape index (κ2) is 4.42. The highest BCUT2D eigenvalue weighted by molar-refractivity contribution is 5.18. The number of hydrogen-bond donors (Lipinski definition) is 0. The van der Waals surface area contributed by atoms with Gasteiger partial charge >= 0.3 is 0 Å². The van der Waals surface area contributed by atoms with Gasteiger partial charge in [0.1, 0.15) is 12.4 Å². The van der Waals surface area contributed by atoms with Gasteiger partial charge in [-0.25, -0.2) is 0 Å². The highest BCUT2D eigenvalue weighted by Crippen LogP contribution is 2.09. The molecule has 0 saturated heterocycles. The van der Waals surface area contributed by atoms with Gasteiger partial charge in [-0.1, -0.05) is 30.3 Å². The molecule has 0 aliphatic rings. The van der Waals surface area contributed by atoms with Gasteiger partial charge < -0.3 is 4.74 Å². The molecule has 0 amide bonds. The zero-order valence-electron chi connectivity index (χ0n) is 7.68. The van der Waals surface area contributed by atoms with Crippen molar-refractivity contribution in [3.63, 3.8) is 0 Å². The van der Waals surface area contributed by atoms with Crippen molar-refractivity contribution in [2.45, 2.75) is 6.61 Å². The Balaban J connectivity index is 1.96. The molecule has 0 fully saturated rings. The van der Waals surface area contributed by atoms with Gasteiger partial charge in [0.15, 0.2) is 0 Å². The fourth-order valence-electron chi connectivity index (χ4n) is 1.13. The number of benzene rings is 1. The molecule has 1 aromatic carbocycles. The maximum absolute atomic E-state index is 5.51. The topological polar surface area (TPSA) is 22.1 Å². The van der Waals surface area contributed by atoms with Crippen molar-refractivity contribution in [2.75, 3.05) is 0 Å². The molecule has 1 radical (unpaired) electrons. The first-order valence-corrected chi connectivity index (χ1v) is 4.44. The Labute approximate surface area is 83.2 Å². The van der Waals surface area contributed by atoms with Crippen molar-refractivity contribution in [1.29, 1.82) is 0 Å². The minimum absolute atomic E-state index is 0.576. The summed E-state index contributed by atoms with van der Waals surface area (Å²) < 4.78 is 5.51. The fraction of sp³-hybridized carbons (Fsp3) is 0.0833. The molecular formula is C12H10NO. The predicted molar refractivity (Wildman–Crippen MR) is 53.8 cm³/mol. The van der Waals surface area contributed by atoms with Crippen LogP contribution in [0.1, 0.15) is 5.56 Å². The summed E-state index contributed by atoms with van der Waals surface area (Å²) in [4.78, 5) is 3.85. The van der Waals surface area contributed by atoms with Crippen LogP contribution in [0.5, 0.6) is 5.75 Å². The molecule has 0 unspecified atom stereocenters. The molecule has 0 spiro atoms. The summed E-state index contributed by atoms with van der Waals surface area (Å²) in [5.41, 5.74) is 1.15. The van der Waals surface area contributed by atoms with E-state index < -0.39 is 0 Å². The lowest BCUT2D eigenvalue weighted by Crippen LogP contribution is -1.94. The third kappa shape index (κ3) is 2.33. The van der Waals surface area contributed by atoms with Crippen LogP contribution in [0.2, 0.25) is 0 Å². The quantitative estimate of drug-likeness (QED) is 0.731. The molecule has 0 aliphatic heterocycles. The van der Waals surface area contributed by atoms with Crippen LogP contribution in [0.25, 0.3) is 0 Å². The average molecular weight is 184 g/mol. The summed E-state index contributed by atoms with van der Waals surface area (Å²) in [6.45, 7) is 0.576. The molecule has 14 heavy (non-hydrogen) atoms. The average Bonchev–Trinajstić information content (AvgIpc) is 2.29. The van der Waals surface area contributed by atoms with Gasteiger partial charge in [-0.3, -0.25) is 4.98 Å². The maximum Gasteiger partial charge on any atom is 0.138 e. The Morgan fingerprint density at radius 2 is 2.00 bits per heavy atom. The summed E-state index contributed by atoms with van der Waals surface area (Å²) in [5, 5.41) is 0. The van der Waals surface area contributed by atoms with E-state index in [1.54, 1.807) is 12.3 Å². The Kier molecular flexibility index (Phi) is 2.76. The third-order valence-electron chi connectivity index (χ3n) is 1.84. The van der Waals surface area contributed by atoms with E-state index in [9.17, 15) is 0 Å². The summed E-state index contributed by atoms with van der Waals surface area (Å²) in [7, 11) is 0. The van der Waals surface area contributed by atoms with Crippen LogP contribution in [0.3, 0.4) is 0 Å². The highest BCUT2D eigenvalue weighted by Gasteiger charge is 1.93. The highest BCUT2D eigenvalue weighted by atomic mass is 16.5. The number of pyridine rings is 1. The molecule has 1 heterocycles. The molecule has 0 bridgehead atoms. The van der Waals surface area contributed by atoms with E-state index in [1.165, 1.54) is 0 Å². The van der Waals surface area contributed by atoms with E-state index in [2.05, 4.69) is 11.2 Å². The van der Waals surface area contributed by atoms with E-state index in [-0.39, 0.29) is 0 Å². The zero-order chi connectivity index (χ0) is 9.64. The van der Waals surface area contributed by atoms with Crippen molar-refractivity contribution < 1.29 is 4.74 Å². The van der Waals surface area contributed by atoms with Crippen LogP contribution in [-0.2, 0) is 6.61 Å². The molecular weight excluding hydrogens is 174 g/mol. The first kappa shape index (κ1) is 8.75.